The topological polar surface area (TPSA) is 125 Å². The zero-order chi connectivity index (χ0) is 24.0. The number of rotatable bonds is 6. The van der Waals surface area contributed by atoms with Gasteiger partial charge in [-0.1, -0.05) is 24.8 Å². The van der Waals surface area contributed by atoms with Crippen LogP contribution < -0.4 is 15.4 Å². The lowest BCUT2D eigenvalue weighted by Crippen LogP contribution is -2.45. The number of benzene rings is 2. The maximum atomic E-state index is 12.5. The summed E-state index contributed by atoms with van der Waals surface area (Å²) in [6.45, 7) is 5.80. The number of hydrogen-bond acceptors (Lipinski definition) is 8. The summed E-state index contributed by atoms with van der Waals surface area (Å²) >= 11 is 0.831. The molecule has 2 aromatic carbocycles. The van der Waals surface area contributed by atoms with E-state index in [9.17, 15) is 4.79 Å². The number of carbonyl (C=O) groups excluding carboxylic acids is 1. The molecule has 4 N–H and O–H groups in total. The number of methoxy groups -OCH3 is 1. The highest BCUT2D eigenvalue weighted by atomic mass is 32.2. The first-order valence-corrected chi connectivity index (χ1v) is 11.4. The van der Waals surface area contributed by atoms with Gasteiger partial charge in [0.15, 0.2) is 5.04 Å². The molecular formula is C24H28N6O2S. The highest BCUT2D eigenvalue weighted by Crippen LogP contribution is 2.34. The van der Waals surface area contributed by atoms with Crippen molar-refractivity contribution in [3.05, 3.63) is 48.0 Å². The first kappa shape index (κ1) is 24.3. The molecule has 0 radical (unpaired) electrons. The average molecular weight is 465 g/mol. The van der Waals surface area contributed by atoms with Gasteiger partial charge in [-0.15, -0.1) is 0 Å². The molecule has 0 aliphatic carbocycles. The number of amides is 1. The standard InChI is InChI=1S/C24H28N6O2S/c1-15(13-25)14-28-21-19-12-17(5-4-16(19)6-7-20(21)32-3)22(26)33-23(27)24(31)29-18-8-10-30(2)11-9-18/h4-7,12,18,26-28H,1,8-11,14H2,2-3H3,(H,29,31). The van der Waals surface area contributed by atoms with Gasteiger partial charge in [0.1, 0.15) is 10.8 Å². The van der Waals surface area contributed by atoms with Gasteiger partial charge in [0.05, 0.1) is 18.9 Å². The van der Waals surface area contributed by atoms with Crippen molar-refractivity contribution in [2.75, 3.05) is 39.1 Å². The summed E-state index contributed by atoms with van der Waals surface area (Å²) in [5.74, 6) is 0.161. The van der Waals surface area contributed by atoms with Crippen molar-refractivity contribution in [3.63, 3.8) is 0 Å². The molecule has 0 spiro atoms. The zero-order valence-corrected chi connectivity index (χ0v) is 19.6. The average Bonchev–Trinajstić information content (AvgIpc) is 2.82. The Hall–Kier alpha value is -3.35. The van der Waals surface area contributed by atoms with Gasteiger partial charge < -0.3 is 20.3 Å². The van der Waals surface area contributed by atoms with Crippen LogP contribution in [-0.4, -0.2) is 60.7 Å². The minimum atomic E-state index is -0.445. The van der Waals surface area contributed by atoms with Crippen LogP contribution in [-0.2, 0) is 4.79 Å². The zero-order valence-electron chi connectivity index (χ0n) is 18.8. The number of nitrogens with zero attached hydrogens (tertiary/aromatic N) is 2. The van der Waals surface area contributed by atoms with Crippen molar-refractivity contribution in [2.45, 2.75) is 18.9 Å². The number of piperidine rings is 1. The molecule has 0 atom stereocenters. The van der Waals surface area contributed by atoms with Crippen LogP contribution in [0, 0.1) is 22.1 Å². The van der Waals surface area contributed by atoms with Crippen molar-refractivity contribution in [2.24, 2.45) is 0 Å². The largest absolute Gasteiger partial charge is 0.495 e. The molecule has 0 bridgehead atoms. The highest BCUT2D eigenvalue weighted by molar-refractivity contribution is 8.28. The fraction of sp³-hybridized carbons (Fsp3) is 0.333. The molecule has 0 unspecified atom stereocenters. The Bertz CT molecular complexity index is 1130. The second-order valence-corrected chi connectivity index (χ2v) is 8.98. The molecule has 1 aliphatic heterocycles. The van der Waals surface area contributed by atoms with Crippen molar-refractivity contribution in [1.82, 2.24) is 10.2 Å². The number of ether oxygens (including phenoxy) is 1. The Balaban J connectivity index is 1.75. The summed E-state index contributed by atoms with van der Waals surface area (Å²) in [4.78, 5) is 14.7. The van der Waals surface area contributed by atoms with Gasteiger partial charge in [0, 0.05) is 29.1 Å². The van der Waals surface area contributed by atoms with E-state index in [2.05, 4.69) is 29.2 Å². The molecule has 1 aliphatic rings. The van der Waals surface area contributed by atoms with E-state index >= 15 is 0 Å². The number of fused-ring (bicyclic) bond motifs is 1. The van der Waals surface area contributed by atoms with E-state index < -0.39 is 5.91 Å². The molecule has 1 fully saturated rings. The lowest BCUT2D eigenvalue weighted by atomic mass is 10.0. The van der Waals surface area contributed by atoms with E-state index in [0.717, 1.165) is 48.5 Å². The van der Waals surface area contributed by atoms with E-state index in [1.54, 1.807) is 13.2 Å². The van der Waals surface area contributed by atoms with E-state index in [-0.39, 0.29) is 22.7 Å². The normalized spacial score (nSPS) is 14.3. The number of hydrogen-bond donors (Lipinski definition) is 4. The fourth-order valence-corrected chi connectivity index (χ4v) is 4.24. The number of thioether (sulfide) groups is 1. The molecule has 2 aromatic rings. The second-order valence-electron chi connectivity index (χ2n) is 7.96. The number of carbonyl (C=O) groups is 1. The Morgan fingerprint density at radius 1 is 1.30 bits per heavy atom. The van der Waals surface area contributed by atoms with E-state index in [4.69, 9.17) is 20.8 Å². The lowest BCUT2D eigenvalue weighted by molar-refractivity contribution is -0.115. The van der Waals surface area contributed by atoms with Gasteiger partial charge in [0.25, 0.3) is 5.91 Å². The molecule has 8 nitrogen and oxygen atoms in total. The molecule has 1 heterocycles. The number of nitriles is 1. The van der Waals surface area contributed by atoms with Crippen molar-refractivity contribution >= 4 is 44.2 Å². The van der Waals surface area contributed by atoms with Crippen LogP contribution in [0.25, 0.3) is 10.8 Å². The first-order valence-electron chi connectivity index (χ1n) is 10.6. The van der Waals surface area contributed by atoms with Gasteiger partial charge in [-0.05, 0) is 62.3 Å². The van der Waals surface area contributed by atoms with Crippen molar-refractivity contribution in [3.8, 4) is 11.8 Å². The van der Waals surface area contributed by atoms with Crippen LogP contribution in [0.1, 0.15) is 18.4 Å². The third-order valence-electron chi connectivity index (χ3n) is 5.57. The maximum absolute atomic E-state index is 12.5. The number of likely N-dealkylation sites (tertiary alicyclic amines) is 1. The van der Waals surface area contributed by atoms with Gasteiger partial charge in [-0.25, -0.2) is 0 Å². The van der Waals surface area contributed by atoms with Crippen LogP contribution in [0.5, 0.6) is 5.75 Å². The highest BCUT2D eigenvalue weighted by Gasteiger charge is 2.22. The van der Waals surface area contributed by atoms with Crippen LogP contribution >= 0.6 is 11.8 Å². The van der Waals surface area contributed by atoms with Crippen molar-refractivity contribution in [1.29, 1.82) is 16.1 Å². The summed E-state index contributed by atoms with van der Waals surface area (Å²) in [6.07, 6.45) is 1.72. The fourth-order valence-electron chi connectivity index (χ4n) is 3.64. The molecule has 0 aromatic heterocycles. The van der Waals surface area contributed by atoms with E-state index in [0.29, 0.717) is 22.6 Å². The predicted octanol–water partition coefficient (Wildman–Crippen LogP) is 3.59. The minimum Gasteiger partial charge on any atom is -0.495 e. The van der Waals surface area contributed by atoms with E-state index in [1.165, 1.54) is 0 Å². The van der Waals surface area contributed by atoms with Crippen LogP contribution in [0.15, 0.2) is 42.5 Å². The minimum absolute atomic E-state index is 0.0637. The van der Waals surface area contributed by atoms with Crippen molar-refractivity contribution < 1.29 is 9.53 Å². The van der Waals surface area contributed by atoms with E-state index in [1.807, 2.05) is 30.3 Å². The third kappa shape index (κ3) is 6.12. The maximum Gasteiger partial charge on any atom is 0.276 e. The summed E-state index contributed by atoms with van der Waals surface area (Å²) in [5, 5.41) is 33.4. The first-order chi connectivity index (χ1) is 15.8. The Morgan fingerprint density at radius 2 is 2.00 bits per heavy atom. The molecule has 1 saturated heterocycles. The molecule has 0 saturated carbocycles. The summed E-state index contributed by atoms with van der Waals surface area (Å²) in [7, 11) is 3.62. The monoisotopic (exact) mass is 464 g/mol. The molecular weight excluding hydrogens is 436 g/mol. The van der Waals surface area contributed by atoms with Crippen LogP contribution in [0.2, 0.25) is 0 Å². The molecule has 172 valence electrons. The van der Waals surface area contributed by atoms with Gasteiger partial charge in [-0.2, -0.15) is 5.26 Å². The van der Waals surface area contributed by atoms with Gasteiger partial charge in [0.2, 0.25) is 0 Å². The molecule has 9 heteroatoms. The third-order valence-corrected chi connectivity index (χ3v) is 6.40. The van der Waals surface area contributed by atoms with Gasteiger partial charge >= 0.3 is 0 Å². The second kappa shape index (κ2) is 11.0. The van der Waals surface area contributed by atoms with Crippen LogP contribution in [0.3, 0.4) is 0 Å². The van der Waals surface area contributed by atoms with Gasteiger partial charge in [-0.3, -0.25) is 15.6 Å². The summed E-state index contributed by atoms with van der Waals surface area (Å²) in [5.41, 5.74) is 1.67. The Morgan fingerprint density at radius 3 is 2.67 bits per heavy atom. The van der Waals surface area contributed by atoms with Crippen LogP contribution in [0.4, 0.5) is 5.69 Å². The summed E-state index contributed by atoms with van der Waals surface area (Å²) in [6, 6.07) is 11.3. The number of anilines is 1. The summed E-state index contributed by atoms with van der Waals surface area (Å²) < 4.78 is 5.47. The number of nitrogens with one attached hydrogen (secondary N) is 4. The molecule has 3 rings (SSSR count). The molecule has 1 amide bonds. The molecule has 33 heavy (non-hydrogen) atoms. The predicted molar refractivity (Wildman–Crippen MR) is 135 cm³/mol. The quantitative estimate of drug-likeness (QED) is 0.294. The SMILES string of the molecule is C=C(C#N)CNc1c(OC)ccc2ccc(C(=N)SC(=N)C(=O)NC3CCN(C)CC3)cc12. The lowest BCUT2D eigenvalue weighted by Gasteiger charge is -2.29. The Kier molecular flexibility index (Phi) is 8.09. The smallest absolute Gasteiger partial charge is 0.276 e. The Labute approximate surface area is 198 Å².